The molecular formula is C17H29NOS. The first-order valence-corrected chi connectivity index (χ1v) is 8.95. The van der Waals surface area contributed by atoms with Crippen molar-refractivity contribution in [2.45, 2.75) is 45.4 Å². The van der Waals surface area contributed by atoms with Gasteiger partial charge in [0.25, 0.3) is 0 Å². The molecule has 3 heteroatoms. The molecule has 0 radical (unpaired) electrons. The summed E-state index contributed by atoms with van der Waals surface area (Å²) in [5.41, 5.74) is 1.23. The lowest BCUT2D eigenvalue weighted by molar-refractivity contribution is 0.459. The van der Waals surface area contributed by atoms with E-state index >= 15 is 0 Å². The van der Waals surface area contributed by atoms with E-state index in [0.29, 0.717) is 11.8 Å². The van der Waals surface area contributed by atoms with Gasteiger partial charge < -0.3 is 5.32 Å². The van der Waals surface area contributed by atoms with Crippen LogP contribution in [-0.2, 0) is 10.8 Å². The van der Waals surface area contributed by atoms with Crippen molar-refractivity contribution in [3.63, 3.8) is 0 Å². The van der Waals surface area contributed by atoms with Crippen molar-refractivity contribution >= 4 is 10.8 Å². The Morgan fingerprint density at radius 3 is 2.15 bits per heavy atom. The minimum Gasteiger partial charge on any atom is -0.312 e. The summed E-state index contributed by atoms with van der Waals surface area (Å²) in [7, 11) is 1.16. The fraction of sp³-hybridized carbons (Fsp3) is 0.647. The second-order valence-electron chi connectivity index (χ2n) is 6.15. The molecule has 1 N–H and O–H groups in total. The first-order chi connectivity index (χ1) is 9.47. The molecule has 20 heavy (non-hydrogen) atoms. The van der Waals surface area contributed by atoms with E-state index in [1.807, 2.05) is 25.2 Å². The van der Waals surface area contributed by atoms with Crippen LogP contribution in [0.2, 0.25) is 0 Å². The summed E-state index contributed by atoms with van der Waals surface area (Å²) >= 11 is 0. The number of benzene rings is 1. The molecule has 0 aliphatic carbocycles. The molecule has 2 nitrogen and oxygen atoms in total. The third-order valence-electron chi connectivity index (χ3n) is 3.66. The average molecular weight is 295 g/mol. The lowest BCUT2D eigenvalue weighted by atomic mass is 9.96. The van der Waals surface area contributed by atoms with Crippen LogP contribution < -0.4 is 5.32 Å². The van der Waals surface area contributed by atoms with Crippen LogP contribution in [-0.4, -0.2) is 22.3 Å². The SMILES string of the molecule is CNC(c1ccccc1)C(C(C)C)S(=O)CCC(C)C. The zero-order chi connectivity index (χ0) is 15.1. The first kappa shape index (κ1) is 17.4. The van der Waals surface area contributed by atoms with E-state index in [-0.39, 0.29) is 11.3 Å². The van der Waals surface area contributed by atoms with Gasteiger partial charge in [0.2, 0.25) is 0 Å². The summed E-state index contributed by atoms with van der Waals surface area (Å²) in [6.45, 7) is 8.72. The number of rotatable bonds is 8. The van der Waals surface area contributed by atoms with E-state index in [2.05, 4.69) is 45.1 Å². The Bertz CT molecular complexity index is 403. The van der Waals surface area contributed by atoms with Crippen LogP contribution in [0.5, 0.6) is 0 Å². The van der Waals surface area contributed by atoms with E-state index in [9.17, 15) is 4.21 Å². The standard InChI is InChI=1S/C17H29NOS/c1-13(2)11-12-20(19)17(14(3)4)16(18-5)15-9-7-6-8-10-15/h6-10,13-14,16-18H,11-12H2,1-5H3. The van der Waals surface area contributed by atoms with Crippen LogP contribution in [0.4, 0.5) is 0 Å². The van der Waals surface area contributed by atoms with Gasteiger partial charge in [-0.25, -0.2) is 0 Å². The summed E-state index contributed by atoms with van der Waals surface area (Å²) in [4.78, 5) is 0. The van der Waals surface area contributed by atoms with E-state index < -0.39 is 10.8 Å². The van der Waals surface area contributed by atoms with Crippen molar-refractivity contribution in [3.05, 3.63) is 35.9 Å². The third-order valence-corrected chi connectivity index (χ3v) is 5.72. The van der Waals surface area contributed by atoms with Crippen LogP contribution >= 0.6 is 0 Å². The van der Waals surface area contributed by atoms with Crippen molar-refractivity contribution in [3.8, 4) is 0 Å². The van der Waals surface area contributed by atoms with Gasteiger partial charge in [0.15, 0.2) is 0 Å². The molecule has 0 aliphatic rings. The Morgan fingerprint density at radius 1 is 1.10 bits per heavy atom. The Morgan fingerprint density at radius 2 is 1.70 bits per heavy atom. The molecule has 1 aromatic rings. The molecule has 0 saturated heterocycles. The van der Waals surface area contributed by atoms with Crippen LogP contribution in [0.3, 0.4) is 0 Å². The van der Waals surface area contributed by atoms with Crippen LogP contribution in [0, 0.1) is 11.8 Å². The van der Waals surface area contributed by atoms with Gasteiger partial charge in [-0.3, -0.25) is 4.21 Å². The first-order valence-electron chi connectivity index (χ1n) is 7.56. The molecule has 0 aliphatic heterocycles. The monoisotopic (exact) mass is 295 g/mol. The largest absolute Gasteiger partial charge is 0.312 e. The smallest absolute Gasteiger partial charge is 0.0565 e. The van der Waals surface area contributed by atoms with E-state index in [0.717, 1.165) is 12.2 Å². The second kappa shape index (κ2) is 8.58. The fourth-order valence-corrected chi connectivity index (χ4v) is 4.69. The quantitative estimate of drug-likeness (QED) is 0.791. The Labute approximate surface area is 126 Å². The van der Waals surface area contributed by atoms with Gasteiger partial charge in [0.1, 0.15) is 0 Å². The third kappa shape index (κ3) is 5.02. The molecule has 0 aromatic heterocycles. The van der Waals surface area contributed by atoms with Gasteiger partial charge >= 0.3 is 0 Å². The predicted molar refractivity (Wildman–Crippen MR) is 89.3 cm³/mol. The highest BCUT2D eigenvalue weighted by atomic mass is 32.2. The minimum atomic E-state index is -0.801. The number of hydrogen-bond donors (Lipinski definition) is 1. The van der Waals surface area contributed by atoms with Crippen molar-refractivity contribution in [1.82, 2.24) is 5.32 Å². The maximum absolute atomic E-state index is 12.7. The molecule has 114 valence electrons. The number of hydrogen-bond acceptors (Lipinski definition) is 2. The second-order valence-corrected chi connectivity index (χ2v) is 7.87. The highest BCUT2D eigenvalue weighted by Crippen LogP contribution is 2.27. The van der Waals surface area contributed by atoms with Crippen LogP contribution in [0.15, 0.2) is 30.3 Å². The zero-order valence-corrected chi connectivity index (χ0v) is 14.2. The fourth-order valence-electron chi connectivity index (χ4n) is 2.51. The highest BCUT2D eigenvalue weighted by Gasteiger charge is 2.29. The van der Waals surface area contributed by atoms with Gasteiger partial charge in [0, 0.05) is 22.6 Å². The predicted octanol–water partition coefficient (Wildman–Crippen LogP) is 3.77. The number of nitrogens with one attached hydrogen (secondary N) is 1. The normalized spacial score (nSPS) is 16.4. The zero-order valence-electron chi connectivity index (χ0n) is 13.4. The molecule has 0 fully saturated rings. The van der Waals surface area contributed by atoms with Crippen molar-refractivity contribution in [2.75, 3.05) is 12.8 Å². The van der Waals surface area contributed by atoms with E-state index in [1.165, 1.54) is 5.56 Å². The lowest BCUT2D eigenvalue weighted by Crippen LogP contribution is -2.37. The summed E-state index contributed by atoms with van der Waals surface area (Å²) in [6, 6.07) is 10.5. The summed E-state index contributed by atoms with van der Waals surface area (Å²) in [5, 5.41) is 3.53. The summed E-state index contributed by atoms with van der Waals surface area (Å²) in [5.74, 6) is 1.79. The summed E-state index contributed by atoms with van der Waals surface area (Å²) < 4.78 is 12.7. The molecule has 0 bridgehead atoms. The Hall–Kier alpha value is -0.670. The van der Waals surface area contributed by atoms with Crippen LogP contribution in [0.25, 0.3) is 0 Å². The van der Waals surface area contributed by atoms with E-state index in [1.54, 1.807) is 0 Å². The van der Waals surface area contributed by atoms with Gasteiger partial charge in [-0.05, 0) is 30.9 Å². The Balaban J connectivity index is 2.90. The highest BCUT2D eigenvalue weighted by molar-refractivity contribution is 7.85. The van der Waals surface area contributed by atoms with Crippen LogP contribution in [0.1, 0.15) is 45.7 Å². The van der Waals surface area contributed by atoms with Gasteiger partial charge in [0.05, 0.1) is 5.25 Å². The van der Waals surface area contributed by atoms with Crippen molar-refractivity contribution in [2.24, 2.45) is 11.8 Å². The molecule has 0 spiro atoms. The van der Waals surface area contributed by atoms with Gasteiger partial charge in [-0.1, -0.05) is 58.0 Å². The van der Waals surface area contributed by atoms with Gasteiger partial charge in [-0.15, -0.1) is 0 Å². The molecule has 0 amide bonds. The minimum absolute atomic E-state index is 0.154. The molecule has 0 saturated carbocycles. The van der Waals surface area contributed by atoms with Crippen molar-refractivity contribution in [1.29, 1.82) is 0 Å². The maximum Gasteiger partial charge on any atom is 0.0565 e. The average Bonchev–Trinajstić information content (AvgIpc) is 2.42. The lowest BCUT2D eigenvalue weighted by Gasteiger charge is -2.30. The van der Waals surface area contributed by atoms with E-state index in [4.69, 9.17) is 0 Å². The van der Waals surface area contributed by atoms with Crippen molar-refractivity contribution < 1.29 is 4.21 Å². The maximum atomic E-state index is 12.7. The molecule has 3 atom stereocenters. The molecule has 0 heterocycles. The molecule has 3 unspecified atom stereocenters. The molecular weight excluding hydrogens is 266 g/mol. The summed E-state index contributed by atoms with van der Waals surface area (Å²) in [6.07, 6.45) is 1.03. The topological polar surface area (TPSA) is 29.1 Å². The Kier molecular flexibility index (Phi) is 7.46. The van der Waals surface area contributed by atoms with Gasteiger partial charge in [-0.2, -0.15) is 0 Å². The molecule has 1 rings (SSSR count). The molecule has 1 aromatic carbocycles.